The van der Waals surface area contributed by atoms with E-state index >= 15 is 0 Å². The van der Waals surface area contributed by atoms with Gasteiger partial charge >= 0.3 is 0 Å². The summed E-state index contributed by atoms with van der Waals surface area (Å²) in [7, 11) is 1.68. The van der Waals surface area contributed by atoms with Crippen molar-refractivity contribution in [1.82, 2.24) is 14.6 Å². The first-order valence-electron chi connectivity index (χ1n) is 7.28. The first-order valence-corrected chi connectivity index (χ1v) is 8.05. The summed E-state index contributed by atoms with van der Waals surface area (Å²) >= 11 is 1.57. The highest BCUT2D eigenvalue weighted by molar-refractivity contribution is 7.05. The minimum atomic E-state index is 0.756. The summed E-state index contributed by atoms with van der Waals surface area (Å²) < 4.78 is 9.41. The Labute approximate surface area is 119 Å². The van der Waals surface area contributed by atoms with Crippen LogP contribution in [0, 0.1) is 11.8 Å². The topological polar surface area (TPSA) is 37.4 Å². The molecule has 5 heteroatoms. The van der Waals surface area contributed by atoms with E-state index in [0.29, 0.717) is 0 Å². The van der Waals surface area contributed by atoms with Crippen LogP contribution >= 0.6 is 11.5 Å². The van der Waals surface area contributed by atoms with Gasteiger partial charge in [0, 0.05) is 17.5 Å². The molecule has 3 rings (SSSR count). The summed E-state index contributed by atoms with van der Waals surface area (Å²) in [6, 6.07) is 2.07. The molecule has 1 N–H and O–H groups in total. The molecule has 3 heterocycles. The van der Waals surface area contributed by atoms with Gasteiger partial charge in [-0.1, -0.05) is 0 Å². The first-order chi connectivity index (χ1) is 9.35. The molecule has 4 nitrogen and oxygen atoms in total. The Morgan fingerprint density at radius 1 is 1.37 bits per heavy atom. The van der Waals surface area contributed by atoms with Crippen molar-refractivity contribution in [2.75, 3.05) is 33.3 Å². The Kier molecular flexibility index (Phi) is 4.35. The van der Waals surface area contributed by atoms with E-state index in [-0.39, 0.29) is 0 Å². The Morgan fingerprint density at radius 3 is 2.84 bits per heavy atom. The molecular formula is C14H23N3OS. The third kappa shape index (κ3) is 3.27. The van der Waals surface area contributed by atoms with Gasteiger partial charge in [-0.25, -0.2) is 0 Å². The van der Waals surface area contributed by atoms with Gasteiger partial charge in [-0.3, -0.25) is 4.90 Å². The zero-order valence-electron chi connectivity index (χ0n) is 11.6. The van der Waals surface area contributed by atoms with Crippen LogP contribution in [0.4, 0.5) is 0 Å². The van der Waals surface area contributed by atoms with Crippen molar-refractivity contribution >= 4 is 11.5 Å². The van der Waals surface area contributed by atoms with Gasteiger partial charge in [-0.15, -0.1) is 0 Å². The summed E-state index contributed by atoms with van der Waals surface area (Å²) in [4.78, 5) is 3.88. The second kappa shape index (κ2) is 6.20. The van der Waals surface area contributed by atoms with E-state index in [1.807, 2.05) is 0 Å². The monoisotopic (exact) mass is 281 g/mol. The van der Waals surface area contributed by atoms with Gasteiger partial charge in [0.25, 0.3) is 0 Å². The van der Waals surface area contributed by atoms with E-state index in [2.05, 4.69) is 20.7 Å². The van der Waals surface area contributed by atoms with Gasteiger partial charge in [0.2, 0.25) is 5.88 Å². The predicted molar refractivity (Wildman–Crippen MR) is 77.6 cm³/mol. The van der Waals surface area contributed by atoms with Crippen LogP contribution in [0.15, 0.2) is 6.07 Å². The Balaban J connectivity index is 1.47. The highest BCUT2D eigenvalue weighted by atomic mass is 32.1. The van der Waals surface area contributed by atoms with E-state index in [1.54, 1.807) is 18.6 Å². The van der Waals surface area contributed by atoms with Crippen LogP contribution in [0.25, 0.3) is 0 Å². The Morgan fingerprint density at radius 2 is 2.21 bits per heavy atom. The standard InChI is InChI=1S/C14H23N3OS/c1-18-14-8-13(19-16-14)10-17-6-3-11(4-7-17)12-2-5-15-9-12/h8,11-12,15H,2-7,9-10H2,1H3. The number of nitrogens with zero attached hydrogens (tertiary/aromatic N) is 2. The Bertz CT molecular complexity index is 395. The summed E-state index contributed by atoms with van der Waals surface area (Å²) in [5, 5.41) is 3.50. The molecule has 0 aromatic carbocycles. The Hall–Kier alpha value is -0.650. The van der Waals surface area contributed by atoms with Crippen molar-refractivity contribution in [3.05, 3.63) is 10.9 Å². The number of piperidine rings is 1. The number of hydrogen-bond donors (Lipinski definition) is 1. The maximum Gasteiger partial charge on any atom is 0.225 e. The van der Waals surface area contributed by atoms with Gasteiger partial charge in [0.1, 0.15) is 0 Å². The van der Waals surface area contributed by atoms with Crippen LogP contribution in [0.1, 0.15) is 24.1 Å². The second-order valence-corrected chi connectivity index (χ2v) is 6.59. The number of likely N-dealkylation sites (tertiary alicyclic amines) is 1. The predicted octanol–water partition coefficient (Wildman–Crippen LogP) is 1.97. The number of methoxy groups -OCH3 is 1. The molecule has 2 aliphatic rings. The molecule has 106 valence electrons. The van der Waals surface area contributed by atoms with Crippen molar-refractivity contribution in [3.8, 4) is 5.88 Å². The minimum absolute atomic E-state index is 0.756. The maximum atomic E-state index is 5.14. The van der Waals surface area contributed by atoms with E-state index < -0.39 is 0 Å². The summed E-state index contributed by atoms with van der Waals surface area (Å²) in [5.74, 6) is 2.64. The molecule has 1 aromatic heterocycles. The van der Waals surface area contributed by atoms with Crippen molar-refractivity contribution in [3.63, 3.8) is 0 Å². The normalized spacial score (nSPS) is 25.8. The van der Waals surface area contributed by atoms with Crippen LogP contribution in [-0.2, 0) is 6.54 Å². The van der Waals surface area contributed by atoms with Crippen LogP contribution < -0.4 is 10.1 Å². The molecule has 0 spiro atoms. The molecule has 1 atom stereocenters. The zero-order chi connectivity index (χ0) is 13.1. The van der Waals surface area contributed by atoms with Gasteiger partial charge in [0.05, 0.1) is 7.11 Å². The SMILES string of the molecule is COc1cc(CN2CCC(C3CCNC3)CC2)sn1. The highest BCUT2D eigenvalue weighted by Gasteiger charge is 2.28. The lowest BCUT2D eigenvalue weighted by Crippen LogP contribution is -2.36. The fourth-order valence-electron chi connectivity index (χ4n) is 3.35. The fourth-order valence-corrected chi connectivity index (χ4v) is 4.08. The third-order valence-electron chi connectivity index (χ3n) is 4.52. The van der Waals surface area contributed by atoms with Crippen LogP contribution in [0.3, 0.4) is 0 Å². The van der Waals surface area contributed by atoms with E-state index in [1.165, 1.54) is 50.3 Å². The average Bonchev–Trinajstić information content (AvgIpc) is 3.10. The zero-order valence-corrected chi connectivity index (χ0v) is 12.4. The van der Waals surface area contributed by atoms with Crippen molar-refractivity contribution in [1.29, 1.82) is 0 Å². The third-order valence-corrected chi connectivity index (χ3v) is 5.28. The van der Waals surface area contributed by atoms with Gasteiger partial charge in [-0.05, 0) is 68.8 Å². The highest BCUT2D eigenvalue weighted by Crippen LogP contribution is 2.30. The average molecular weight is 281 g/mol. The molecule has 0 radical (unpaired) electrons. The lowest BCUT2D eigenvalue weighted by atomic mass is 9.84. The number of hydrogen-bond acceptors (Lipinski definition) is 5. The summed E-state index contributed by atoms with van der Waals surface area (Å²) in [6.45, 7) is 5.99. The number of nitrogens with one attached hydrogen (secondary N) is 1. The lowest BCUT2D eigenvalue weighted by Gasteiger charge is -2.34. The number of aromatic nitrogens is 1. The van der Waals surface area contributed by atoms with Gasteiger partial charge in [0.15, 0.2) is 0 Å². The van der Waals surface area contributed by atoms with Crippen molar-refractivity contribution in [2.45, 2.75) is 25.8 Å². The van der Waals surface area contributed by atoms with E-state index in [0.717, 1.165) is 24.3 Å². The molecule has 2 fully saturated rings. The molecule has 1 aromatic rings. The molecule has 1 unspecified atom stereocenters. The molecule has 0 saturated carbocycles. The van der Waals surface area contributed by atoms with Crippen LogP contribution in [0.2, 0.25) is 0 Å². The molecule has 0 aliphatic carbocycles. The molecule has 0 bridgehead atoms. The smallest absolute Gasteiger partial charge is 0.225 e. The van der Waals surface area contributed by atoms with Crippen LogP contribution in [-0.4, -0.2) is 42.6 Å². The van der Waals surface area contributed by atoms with Gasteiger partial charge in [-0.2, -0.15) is 4.37 Å². The molecular weight excluding hydrogens is 258 g/mol. The fraction of sp³-hybridized carbons (Fsp3) is 0.786. The second-order valence-electron chi connectivity index (χ2n) is 5.70. The van der Waals surface area contributed by atoms with Crippen molar-refractivity contribution in [2.24, 2.45) is 11.8 Å². The first kappa shape index (κ1) is 13.3. The summed E-state index contributed by atoms with van der Waals surface area (Å²) in [5.41, 5.74) is 0. The van der Waals surface area contributed by atoms with Gasteiger partial charge < -0.3 is 10.1 Å². The quantitative estimate of drug-likeness (QED) is 0.915. The van der Waals surface area contributed by atoms with Crippen molar-refractivity contribution < 1.29 is 4.74 Å². The molecule has 0 amide bonds. The molecule has 2 aliphatic heterocycles. The largest absolute Gasteiger partial charge is 0.480 e. The summed E-state index contributed by atoms with van der Waals surface area (Å²) in [6.07, 6.45) is 4.11. The minimum Gasteiger partial charge on any atom is -0.480 e. The lowest BCUT2D eigenvalue weighted by molar-refractivity contribution is 0.147. The maximum absolute atomic E-state index is 5.14. The molecule has 19 heavy (non-hydrogen) atoms. The van der Waals surface area contributed by atoms with E-state index in [9.17, 15) is 0 Å². The molecule has 2 saturated heterocycles. The van der Waals surface area contributed by atoms with Crippen LogP contribution in [0.5, 0.6) is 5.88 Å². The van der Waals surface area contributed by atoms with E-state index in [4.69, 9.17) is 4.74 Å². The number of ether oxygens (including phenoxy) is 1. The number of rotatable bonds is 4.